The van der Waals surface area contributed by atoms with E-state index in [4.69, 9.17) is 0 Å². The molecule has 3 nitrogen and oxygen atoms in total. The van der Waals surface area contributed by atoms with E-state index in [0.29, 0.717) is 25.7 Å². The highest BCUT2D eigenvalue weighted by molar-refractivity contribution is 5.37. The quantitative estimate of drug-likeness (QED) is 0.795. The summed E-state index contributed by atoms with van der Waals surface area (Å²) in [6.07, 6.45) is -6.54. The molecule has 0 bridgehead atoms. The SMILES string of the molecule is CC1(F)CC2(CC(n3nc(C(F)(F)F)c4c3CC(F)C4O)C2)C1. The molecular formula is C15H17F5N2O. The van der Waals surface area contributed by atoms with Gasteiger partial charge in [0.15, 0.2) is 5.69 Å². The lowest BCUT2D eigenvalue weighted by molar-refractivity contribution is -0.145. The molecule has 1 heterocycles. The Morgan fingerprint density at radius 1 is 1.26 bits per heavy atom. The van der Waals surface area contributed by atoms with E-state index in [-0.39, 0.29) is 23.6 Å². The molecule has 4 rings (SSSR count). The fraction of sp³-hybridized carbons (Fsp3) is 0.800. The summed E-state index contributed by atoms with van der Waals surface area (Å²) in [5.41, 5.74) is -2.80. The second-order valence-electron chi connectivity index (χ2n) is 7.65. The summed E-state index contributed by atoms with van der Waals surface area (Å²) in [6, 6.07) is -0.270. The molecule has 0 saturated heterocycles. The number of hydrogen-bond acceptors (Lipinski definition) is 2. The van der Waals surface area contributed by atoms with Crippen LogP contribution in [0, 0.1) is 5.41 Å². The van der Waals surface area contributed by atoms with E-state index in [1.165, 1.54) is 11.6 Å². The maximum absolute atomic E-state index is 13.7. The maximum Gasteiger partial charge on any atom is 0.435 e. The van der Waals surface area contributed by atoms with E-state index >= 15 is 0 Å². The Balaban J connectivity index is 1.63. The molecule has 0 amide bonds. The van der Waals surface area contributed by atoms with Gasteiger partial charge in [0.05, 0.1) is 6.04 Å². The zero-order valence-corrected chi connectivity index (χ0v) is 12.5. The van der Waals surface area contributed by atoms with Gasteiger partial charge in [-0.15, -0.1) is 0 Å². The van der Waals surface area contributed by atoms with Gasteiger partial charge in [-0.25, -0.2) is 8.78 Å². The second-order valence-corrected chi connectivity index (χ2v) is 7.65. The van der Waals surface area contributed by atoms with Crippen molar-refractivity contribution in [3.8, 4) is 0 Å². The third kappa shape index (κ3) is 2.13. The standard InChI is InChI=1S/C15H17F5N2O/c1-13(17)5-14(6-13)3-7(4-14)22-9-2-8(16)11(23)10(9)12(21-22)15(18,19)20/h7-8,11,23H,2-6H2,1H3. The minimum Gasteiger partial charge on any atom is -0.385 e. The van der Waals surface area contributed by atoms with Crippen LogP contribution in [0.2, 0.25) is 0 Å². The van der Waals surface area contributed by atoms with Crippen LogP contribution in [-0.2, 0) is 12.6 Å². The van der Waals surface area contributed by atoms with Crippen LogP contribution in [0.25, 0.3) is 0 Å². The van der Waals surface area contributed by atoms with Gasteiger partial charge in [0.1, 0.15) is 17.9 Å². The molecule has 128 valence electrons. The first-order valence-electron chi connectivity index (χ1n) is 7.71. The van der Waals surface area contributed by atoms with Crippen molar-refractivity contribution in [3.05, 3.63) is 17.0 Å². The number of rotatable bonds is 1. The molecule has 0 aliphatic heterocycles. The van der Waals surface area contributed by atoms with Crippen LogP contribution >= 0.6 is 0 Å². The summed E-state index contributed by atoms with van der Waals surface area (Å²) < 4.78 is 68.0. The average Bonchev–Trinajstić information content (AvgIpc) is 2.82. The number of hydrogen-bond donors (Lipinski definition) is 1. The van der Waals surface area contributed by atoms with Gasteiger partial charge in [-0.2, -0.15) is 18.3 Å². The van der Waals surface area contributed by atoms with Gasteiger partial charge in [0.2, 0.25) is 0 Å². The molecule has 23 heavy (non-hydrogen) atoms. The smallest absolute Gasteiger partial charge is 0.385 e. The largest absolute Gasteiger partial charge is 0.435 e. The first-order chi connectivity index (χ1) is 10.5. The third-order valence-electron chi connectivity index (χ3n) is 5.52. The van der Waals surface area contributed by atoms with E-state index in [1.54, 1.807) is 0 Å². The van der Waals surface area contributed by atoms with E-state index in [0.717, 1.165) is 0 Å². The van der Waals surface area contributed by atoms with Crippen molar-refractivity contribution in [1.29, 1.82) is 0 Å². The van der Waals surface area contributed by atoms with Crippen molar-refractivity contribution < 1.29 is 27.1 Å². The van der Waals surface area contributed by atoms with Gasteiger partial charge in [-0.1, -0.05) is 0 Å². The summed E-state index contributed by atoms with van der Waals surface area (Å²) in [6.45, 7) is 1.53. The Hall–Kier alpha value is -1.18. The number of aliphatic hydroxyl groups excluding tert-OH is 1. The molecule has 1 aromatic rings. The monoisotopic (exact) mass is 336 g/mol. The molecule has 3 aliphatic carbocycles. The molecule has 8 heteroatoms. The molecule has 1 N–H and O–H groups in total. The lowest BCUT2D eigenvalue weighted by Gasteiger charge is -2.59. The van der Waals surface area contributed by atoms with Crippen LogP contribution in [0.15, 0.2) is 0 Å². The van der Waals surface area contributed by atoms with Crippen molar-refractivity contribution in [1.82, 2.24) is 9.78 Å². The lowest BCUT2D eigenvalue weighted by atomic mass is 9.49. The zero-order chi connectivity index (χ0) is 16.8. The summed E-state index contributed by atoms with van der Waals surface area (Å²) in [7, 11) is 0. The lowest BCUT2D eigenvalue weighted by Crippen LogP contribution is -2.54. The van der Waals surface area contributed by atoms with E-state index in [9.17, 15) is 27.1 Å². The number of aliphatic hydroxyl groups is 1. The van der Waals surface area contributed by atoms with Gasteiger partial charge in [0.25, 0.3) is 0 Å². The fourth-order valence-corrected chi connectivity index (χ4v) is 4.90. The Morgan fingerprint density at radius 3 is 2.39 bits per heavy atom. The van der Waals surface area contributed by atoms with Gasteiger partial charge in [0, 0.05) is 17.7 Å². The molecule has 1 spiro atoms. The molecule has 2 saturated carbocycles. The molecule has 2 atom stereocenters. The summed E-state index contributed by atoms with van der Waals surface area (Å²) >= 11 is 0. The molecule has 1 aromatic heterocycles. The van der Waals surface area contributed by atoms with E-state index in [2.05, 4.69) is 5.10 Å². The zero-order valence-electron chi connectivity index (χ0n) is 12.5. The Morgan fingerprint density at radius 2 is 1.87 bits per heavy atom. The number of halogens is 5. The van der Waals surface area contributed by atoms with Crippen LogP contribution in [0.4, 0.5) is 22.0 Å². The van der Waals surface area contributed by atoms with Crippen LogP contribution < -0.4 is 0 Å². The van der Waals surface area contributed by atoms with Crippen molar-refractivity contribution in [2.45, 2.75) is 69.2 Å². The highest BCUT2D eigenvalue weighted by Gasteiger charge is 2.60. The van der Waals surface area contributed by atoms with Crippen molar-refractivity contribution in [2.75, 3.05) is 0 Å². The molecule has 2 unspecified atom stereocenters. The minimum atomic E-state index is -4.73. The second kappa shape index (κ2) is 4.26. The highest BCUT2D eigenvalue weighted by atomic mass is 19.4. The minimum absolute atomic E-state index is 0.138. The normalized spacial score (nSPS) is 42.5. The summed E-state index contributed by atoms with van der Waals surface area (Å²) in [4.78, 5) is 0. The predicted octanol–water partition coefficient (Wildman–Crippen LogP) is 3.67. The fourth-order valence-electron chi connectivity index (χ4n) is 4.90. The summed E-state index contributed by atoms with van der Waals surface area (Å²) in [5.74, 6) is 0. The van der Waals surface area contributed by atoms with Crippen LogP contribution in [0.5, 0.6) is 0 Å². The molecule has 0 aromatic carbocycles. The Labute approximate surface area is 129 Å². The first kappa shape index (κ1) is 15.4. The van der Waals surface area contributed by atoms with E-state index in [1.807, 2.05) is 0 Å². The van der Waals surface area contributed by atoms with Crippen molar-refractivity contribution in [2.24, 2.45) is 5.41 Å². The maximum atomic E-state index is 13.7. The average molecular weight is 336 g/mol. The van der Waals surface area contributed by atoms with Gasteiger partial charge < -0.3 is 5.11 Å². The van der Waals surface area contributed by atoms with Gasteiger partial charge in [-0.3, -0.25) is 4.68 Å². The highest BCUT2D eigenvalue weighted by Crippen LogP contribution is 2.65. The van der Waals surface area contributed by atoms with Gasteiger partial charge >= 0.3 is 6.18 Å². The van der Waals surface area contributed by atoms with Crippen molar-refractivity contribution >= 4 is 0 Å². The molecule has 0 radical (unpaired) electrons. The predicted molar refractivity (Wildman–Crippen MR) is 70.2 cm³/mol. The molecule has 3 aliphatic rings. The number of nitrogens with zero attached hydrogens (tertiary/aromatic N) is 2. The number of aromatic nitrogens is 2. The number of alkyl halides is 5. The Kier molecular flexibility index (Phi) is 2.84. The molecular weight excluding hydrogens is 319 g/mol. The van der Waals surface area contributed by atoms with E-state index < -0.39 is 35.4 Å². The summed E-state index contributed by atoms with van der Waals surface area (Å²) in [5, 5.41) is 13.4. The number of fused-ring (bicyclic) bond motifs is 1. The topological polar surface area (TPSA) is 38.0 Å². The Bertz CT molecular complexity index is 650. The third-order valence-corrected chi connectivity index (χ3v) is 5.52. The van der Waals surface area contributed by atoms with Crippen LogP contribution in [-0.4, -0.2) is 26.7 Å². The van der Waals surface area contributed by atoms with Gasteiger partial charge in [-0.05, 0) is 38.0 Å². The van der Waals surface area contributed by atoms with Crippen LogP contribution in [0.1, 0.15) is 61.7 Å². The van der Waals surface area contributed by atoms with Crippen LogP contribution in [0.3, 0.4) is 0 Å². The molecule has 2 fully saturated rings. The van der Waals surface area contributed by atoms with Crippen molar-refractivity contribution in [3.63, 3.8) is 0 Å². The first-order valence-corrected chi connectivity index (χ1v) is 7.71.